The van der Waals surface area contributed by atoms with E-state index in [-0.39, 0.29) is 0 Å². The van der Waals surface area contributed by atoms with Gasteiger partial charge in [0.2, 0.25) is 0 Å². The third-order valence-corrected chi connectivity index (χ3v) is 1.35. The number of hydroxylamine groups is 1. The third-order valence-electron chi connectivity index (χ3n) is 1.35. The van der Waals surface area contributed by atoms with Gasteiger partial charge in [-0.05, 0) is 20.3 Å². The van der Waals surface area contributed by atoms with Gasteiger partial charge in [0, 0.05) is 6.54 Å². The fourth-order valence-corrected chi connectivity index (χ4v) is 0.752. The highest BCUT2D eigenvalue weighted by Gasteiger charge is 1.98. The lowest BCUT2D eigenvalue weighted by Gasteiger charge is -2.10. The van der Waals surface area contributed by atoms with Crippen LogP contribution in [0.4, 0.5) is 0 Å². The second-order valence-electron chi connectivity index (χ2n) is 2.47. The first kappa shape index (κ1) is 9.92. The van der Waals surface area contributed by atoms with Crippen LogP contribution in [0.3, 0.4) is 0 Å². The van der Waals surface area contributed by atoms with Crippen molar-refractivity contribution in [1.82, 2.24) is 5.48 Å². The molecule has 0 saturated carbocycles. The third kappa shape index (κ3) is 6.05. The van der Waals surface area contributed by atoms with Crippen LogP contribution >= 0.6 is 0 Å². The molecule has 0 spiro atoms. The van der Waals surface area contributed by atoms with Crippen LogP contribution in [0.2, 0.25) is 0 Å². The normalized spacial score (nSPS) is 13.5. The lowest BCUT2D eigenvalue weighted by Crippen LogP contribution is -2.21. The quantitative estimate of drug-likeness (QED) is 0.575. The Morgan fingerprint density at radius 3 is 2.80 bits per heavy atom. The predicted molar refractivity (Wildman–Crippen MR) is 43.4 cm³/mol. The number of rotatable bonds is 6. The lowest BCUT2D eigenvalue weighted by atomic mass is 10.2. The molecule has 1 atom stereocenters. The minimum absolute atomic E-state index is 0.321. The summed E-state index contributed by atoms with van der Waals surface area (Å²) < 4.78 is 0. The van der Waals surface area contributed by atoms with Gasteiger partial charge in [-0.25, -0.2) is 5.48 Å². The number of nitrogens with one attached hydrogen (secondary N) is 1. The highest BCUT2D eigenvalue weighted by atomic mass is 16.7. The van der Waals surface area contributed by atoms with Gasteiger partial charge in [0.1, 0.15) is 0 Å². The zero-order valence-corrected chi connectivity index (χ0v) is 7.02. The maximum Gasteiger partial charge on any atom is 0.0762 e. The van der Waals surface area contributed by atoms with E-state index in [1.165, 1.54) is 12.8 Å². The van der Waals surface area contributed by atoms with Gasteiger partial charge in [0.25, 0.3) is 0 Å². The van der Waals surface area contributed by atoms with E-state index in [1.807, 2.05) is 0 Å². The summed E-state index contributed by atoms with van der Waals surface area (Å²) in [5.74, 6) is 0. The van der Waals surface area contributed by atoms with Crippen LogP contribution in [-0.2, 0) is 4.84 Å². The van der Waals surface area contributed by atoms with E-state index in [2.05, 4.69) is 26.3 Å². The molecule has 0 heterocycles. The Kier molecular flexibility index (Phi) is 6.98. The molecule has 1 N–H and O–H groups in total. The second kappa shape index (κ2) is 7.03. The molecule has 0 aromatic rings. The Labute approximate surface area is 63.9 Å². The van der Waals surface area contributed by atoms with Gasteiger partial charge in [-0.2, -0.15) is 0 Å². The fraction of sp³-hybridized carbons (Fsp3) is 0.875. The smallest absolute Gasteiger partial charge is 0.0762 e. The molecule has 10 heavy (non-hydrogen) atoms. The molecular formula is C8H18NO. The van der Waals surface area contributed by atoms with Crippen molar-refractivity contribution in [1.29, 1.82) is 0 Å². The molecule has 0 aromatic carbocycles. The Bertz CT molecular complexity index is 58.3. The van der Waals surface area contributed by atoms with Gasteiger partial charge in [-0.1, -0.05) is 19.8 Å². The second-order valence-corrected chi connectivity index (χ2v) is 2.47. The fourth-order valence-electron chi connectivity index (χ4n) is 0.752. The first-order valence-electron chi connectivity index (χ1n) is 3.99. The van der Waals surface area contributed by atoms with E-state index in [0.29, 0.717) is 12.6 Å². The molecule has 2 heteroatoms. The van der Waals surface area contributed by atoms with E-state index in [9.17, 15) is 0 Å². The van der Waals surface area contributed by atoms with Crippen LogP contribution in [0, 0.1) is 6.92 Å². The summed E-state index contributed by atoms with van der Waals surface area (Å²) in [5, 5.41) is 0. The molecule has 0 aromatic heterocycles. The van der Waals surface area contributed by atoms with Crippen molar-refractivity contribution in [3.63, 3.8) is 0 Å². The molecule has 0 rings (SSSR count). The summed E-state index contributed by atoms with van der Waals surface area (Å²) in [6.07, 6.45) is 3.92. The maximum atomic E-state index is 5.18. The van der Waals surface area contributed by atoms with Crippen LogP contribution < -0.4 is 5.48 Å². The van der Waals surface area contributed by atoms with Gasteiger partial charge in [0.05, 0.1) is 6.10 Å². The van der Waals surface area contributed by atoms with Crippen LogP contribution in [0.25, 0.3) is 0 Å². The van der Waals surface area contributed by atoms with Gasteiger partial charge in [0.15, 0.2) is 0 Å². The van der Waals surface area contributed by atoms with Crippen molar-refractivity contribution >= 4 is 0 Å². The highest BCUT2D eigenvalue weighted by Crippen LogP contribution is 2.01. The average Bonchev–Trinajstić information content (AvgIpc) is 1.97. The molecule has 0 saturated heterocycles. The van der Waals surface area contributed by atoms with Crippen molar-refractivity contribution in [2.75, 3.05) is 6.54 Å². The van der Waals surface area contributed by atoms with E-state index in [1.54, 1.807) is 0 Å². The summed E-state index contributed by atoms with van der Waals surface area (Å²) in [5.41, 5.74) is 2.75. The lowest BCUT2D eigenvalue weighted by molar-refractivity contribution is -0.0142. The Morgan fingerprint density at radius 2 is 2.30 bits per heavy atom. The molecule has 0 aliphatic rings. The van der Waals surface area contributed by atoms with Crippen LogP contribution in [-0.4, -0.2) is 12.6 Å². The maximum absolute atomic E-state index is 5.18. The first-order chi connectivity index (χ1) is 4.81. The molecule has 61 valence electrons. The molecule has 1 radical (unpaired) electrons. The molecule has 0 aliphatic carbocycles. The summed E-state index contributed by atoms with van der Waals surface area (Å²) >= 11 is 0. The first-order valence-corrected chi connectivity index (χ1v) is 3.99. The summed E-state index contributed by atoms with van der Waals surface area (Å²) in [4.78, 5) is 5.18. The van der Waals surface area contributed by atoms with E-state index < -0.39 is 0 Å². The molecule has 0 bridgehead atoms. The SMILES string of the molecule is [CH2]CNOC(C)CCCC. The van der Waals surface area contributed by atoms with Crippen molar-refractivity contribution in [3.05, 3.63) is 6.92 Å². The molecule has 0 aliphatic heterocycles. The molecule has 0 fully saturated rings. The highest BCUT2D eigenvalue weighted by molar-refractivity contribution is 4.48. The molecule has 2 nitrogen and oxygen atoms in total. The molecule has 0 amide bonds. The topological polar surface area (TPSA) is 21.3 Å². The number of hydrogen-bond donors (Lipinski definition) is 1. The Balaban J connectivity index is 3.00. The zero-order chi connectivity index (χ0) is 7.82. The van der Waals surface area contributed by atoms with Gasteiger partial charge >= 0.3 is 0 Å². The average molecular weight is 144 g/mol. The molecule has 1 unspecified atom stereocenters. The Hall–Kier alpha value is -0.0800. The van der Waals surface area contributed by atoms with Crippen molar-refractivity contribution in [2.45, 2.75) is 39.2 Å². The Morgan fingerprint density at radius 1 is 1.60 bits per heavy atom. The van der Waals surface area contributed by atoms with Gasteiger partial charge in [-0.15, -0.1) is 0 Å². The largest absolute Gasteiger partial charge is 0.299 e. The van der Waals surface area contributed by atoms with Crippen LogP contribution in [0.15, 0.2) is 0 Å². The summed E-state index contributed by atoms with van der Waals surface area (Å²) in [6.45, 7) is 8.49. The van der Waals surface area contributed by atoms with Gasteiger partial charge in [-0.3, -0.25) is 4.84 Å². The van der Waals surface area contributed by atoms with Crippen LogP contribution in [0.1, 0.15) is 33.1 Å². The van der Waals surface area contributed by atoms with E-state index in [4.69, 9.17) is 4.84 Å². The van der Waals surface area contributed by atoms with Crippen molar-refractivity contribution in [3.8, 4) is 0 Å². The number of unbranched alkanes of at least 4 members (excludes halogenated alkanes) is 1. The number of hydrogen-bond acceptors (Lipinski definition) is 2. The summed E-state index contributed by atoms with van der Waals surface area (Å²) in [6, 6.07) is 0. The van der Waals surface area contributed by atoms with Gasteiger partial charge < -0.3 is 0 Å². The van der Waals surface area contributed by atoms with E-state index >= 15 is 0 Å². The minimum atomic E-state index is 0.321. The molecular weight excluding hydrogens is 126 g/mol. The zero-order valence-electron chi connectivity index (χ0n) is 7.02. The monoisotopic (exact) mass is 144 g/mol. The predicted octanol–water partition coefficient (Wildman–Crippen LogP) is 1.92. The van der Waals surface area contributed by atoms with E-state index in [0.717, 1.165) is 6.42 Å². The minimum Gasteiger partial charge on any atom is -0.299 e. The van der Waals surface area contributed by atoms with Crippen molar-refractivity contribution in [2.24, 2.45) is 0 Å². The van der Waals surface area contributed by atoms with Crippen LogP contribution in [0.5, 0.6) is 0 Å². The summed E-state index contributed by atoms with van der Waals surface area (Å²) in [7, 11) is 0. The van der Waals surface area contributed by atoms with Crippen molar-refractivity contribution < 1.29 is 4.84 Å². The standard InChI is InChI=1S/C8H18NO/c1-4-6-7-8(3)10-9-5-2/h8-9H,2,4-7H2,1,3H3.